The van der Waals surface area contributed by atoms with E-state index in [1.807, 2.05) is 0 Å². The largest absolute Gasteiger partial charge is 0.238 e. The summed E-state index contributed by atoms with van der Waals surface area (Å²) in [6.45, 7) is 0. The lowest BCUT2D eigenvalue weighted by molar-refractivity contribution is 0.564. The van der Waals surface area contributed by atoms with Gasteiger partial charge < -0.3 is 0 Å². The average Bonchev–Trinajstić information content (AvgIpc) is 2.84. The van der Waals surface area contributed by atoms with E-state index in [2.05, 4.69) is 6.07 Å². The fraction of sp³-hybridized carbons (Fsp3) is 0.889. The molecule has 0 aromatic heterocycles. The van der Waals surface area contributed by atoms with Crippen molar-refractivity contribution in [3.63, 3.8) is 0 Å². The van der Waals surface area contributed by atoms with Gasteiger partial charge in [0.05, 0.1) is 10.8 Å². The summed E-state index contributed by atoms with van der Waals surface area (Å²) in [6.07, 6.45) is 5.25. The quantitative estimate of drug-likeness (QED) is 0.525. The van der Waals surface area contributed by atoms with Gasteiger partial charge in [0.1, 0.15) is 0 Å². The van der Waals surface area contributed by atoms with Crippen molar-refractivity contribution in [1.29, 1.82) is 5.26 Å². The van der Waals surface area contributed by atoms with Gasteiger partial charge in [0.15, 0.2) is 0 Å². The minimum Gasteiger partial charge on any atom is -0.212 e. The van der Waals surface area contributed by atoms with Crippen molar-refractivity contribution in [3.05, 3.63) is 0 Å². The highest BCUT2D eigenvalue weighted by atomic mass is 35.7. The molecular weight excluding hydrogens is 222 g/mol. The highest BCUT2D eigenvalue weighted by Crippen LogP contribution is 2.49. The molecule has 5 heteroatoms. The van der Waals surface area contributed by atoms with Crippen LogP contribution in [0.1, 0.15) is 44.9 Å². The summed E-state index contributed by atoms with van der Waals surface area (Å²) in [5.74, 6) is 0. The van der Waals surface area contributed by atoms with Gasteiger partial charge in [0, 0.05) is 17.1 Å². The zero-order chi connectivity index (χ0) is 10.7. The van der Waals surface area contributed by atoms with E-state index < -0.39 is 13.8 Å². The zero-order valence-corrected chi connectivity index (χ0v) is 9.57. The van der Waals surface area contributed by atoms with Crippen molar-refractivity contribution in [2.45, 2.75) is 49.7 Å². The molecule has 0 radical (unpaired) electrons. The maximum absolute atomic E-state index is 11.1. The number of nitrogens with zero attached hydrogens (tertiary/aromatic N) is 1. The number of halogens is 1. The number of hydrogen-bond donors (Lipinski definition) is 0. The molecule has 3 nitrogen and oxygen atoms in total. The Balaban J connectivity index is 2.23. The Kier molecular flexibility index (Phi) is 3.79. The summed E-state index contributed by atoms with van der Waals surface area (Å²) < 4.78 is 21.7. The molecule has 1 rings (SSSR count). The van der Waals surface area contributed by atoms with Crippen LogP contribution < -0.4 is 0 Å². The first-order valence-corrected chi connectivity index (χ1v) is 7.14. The summed E-state index contributed by atoms with van der Waals surface area (Å²) in [4.78, 5) is 0. The lowest BCUT2D eigenvalue weighted by atomic mass is 10.1. The number of hydrogen-bond acceptors (Lipinski definition) is 3. The van der Waals surface area contributed by atoms with E-state index in [9.17, 15) is 8.42 Å². The van der Waals surface area contributed by atoms with Gasteiger partial charge in [-0.3, -0.25) is 0 Å². The van der Waals surface area contributed by atoms with Crippen molar-refractivity contribution in [3.8, 4) is 6.07 Å². The molecule has 1 saturated carbocycles. The van der Waals surface area contributed by atoms with Gasteiger partial charge in [-0.2, -0.15) is 5.26 Å². The third-order valence-corrected chi connectivity index (χ3v) is 5.37. The van der Waals surface area contributed by atoms with Crippen LogP contribution in [0.5, 0.6) is 0 Å². The van der Waals surface area contributed by atoms with Crippen LogP contribution in [0.4, 0.5) is 0 Å². The van der Waals surface area contributed by atoms with Crippen LogP contribution >= 0.6 is 10.7 Å². The van der Waals surface area contributed by atoms with Crippen LogP contribution in [-0.2, 0) is 9.05 Å². The molecule has 0 aromatic rings. The molecule has 14 heavy (non-hydrogen) atoms. The van der Waals surface area contributed by atoms with E-state index >= 15 is 0 Å². The van der Waals surface area contributed by atoms with Crippen LogP contribution in [0.25, 0.3) is 0 Å². The molecule has 0 unspecified atom stereocenters. The molecule has 0 aromatic carbocycles. The van der Waals surface area contributed by atoms with Crippen LogP contribution in [0.2, 0.25) is 0 Å². The fourth-order valence-electron chi connectivity index (χ4n) is 1.58. The molecule has 1 fully saturated rings. The van der Waals surface area contributed by atoms with Crippen molar-refractivity contribution in [2.75, 3.05) is 0 Å². The SMILES string of the molecule is N#CCCCCCC1(S(=O)(=O)Cl)CC1. The molecule has 80 valence electrons. The molecule has 0 saturated heterocycles. The molecule has 0 N–H and O–H groups in total. The van der Waals surface area contributed by atoms with E-state index in [0.29, 0.717) is 25.7 Å². The summed E-state index contributed by atoms with van der Waals surface area (Å²) >= 11 is 0. The summed E-state index contributed by atoms with van der Waals surface area (Å²) in [6, 6.07) is 2.07. The van der Waals surface area contributed by atoms with Gasteiger partial charge >= 0.3 is 0 Å². The Bertz CT molecular complexity index is 327. The molecule has 1 aliphatic carbocycles. The minimum absolute atomic E-state index is 0.556. The predicted octanol–water partition coefficient (Wildman–Crippen LogP) is 2.56. The van der Waals surface area contributed by atoms with Gasteiger partial charge in [-0.05, 0) is 25.7 Å². The predicted molar refractivity (Wildman–Crippen MR) is 55.4 cm³/mol. The first kappa shape index (κ1) is 11.8. The highest BCUT2D eigenvalue weighted by Gasteiger charge is 2.52. The maximum Gasteiger partial charge on any atom is 0.238 e. The van der Waals surface area contributed by atoms with Gasteiger partial charge in [0.2, 0.25) is 9.05 Å². The maximum atomic E-state index is 11.1. The van der Waals surface area contributed by atoms with Crippen LogP contribution in [0.15, 0.2) is 0 Å². The second kappa shape index (κ2) is 4.50. The van der Waals surface area contributed by atoms with Crippen LogP contribution in [-0.4, -0.2) is 13.2 Å². The molecule has 1 aliphatic rings. The first-order valence-electron chi connectivity index (χ1n) is 4.83. The highest BCUT2D eigenvalue weighted by molar-refractivity contribution is 8.15. The first-order chi connectivity index (χ1) is 6.52. The van der Waals surface area contributed by atoms with Crippen molar-refractivity contribution in [1.82, 2.24) is 0 Å². The molecular formula is C9H14ClNO2S. The van der Waals surface area contributed by atoms with Gasteiger partial charge in [0.25, 0.3) is 0 Å². The van der Waals surface area contributed by atoms with E-state index in [1.165, 1.54) is 0 Å². The van der Waals surface area contributed by atoms with Crippen LogP contribution in [0.3, 0.4) is 0 Å². The van der Waals surface area contributed by atoms with Crippen LogP contribution in [0, 0.1) is 11.3 Å². The van der Waals surface area contributed by atoms with Gasteiger partial charge in [-0.1, -0.05) is 12.8 Å². The molecule has 0 heterocycles. The Labute approximate surface area is 89.5 Å². The topological polar surface area (TPSA) is 57.9 Å². The second-order valence-electron chi connectivity index (χ2n) is 3.84. The Morgan fingerprint density at radius 3 is 2.36 bits per heavy atom. The van der Waals surface area contributed by atoms with E-state index in [1.54, 1.807) is 0 Å². The average molecular weight is 236 g/mol. The van der Waals surface area contributed by atoms with E-state index in [0.717, 1.165) is 19.3 Å². The molecule has 0 aliphatic heterocycles. The van der Waals surface area contributed by atoms with Crippen molar-refractivity contribution < 1.29 is 8.42 Å². The van der Waals surface area contributed by atoms with Gasteiger partial charge in [-0.15, -0.1) is 0 Å². The molecule has 0 atom stereocenters. The molecule has 0 spiro atoms. The number of rotatable bonds is 6. The van der Waals surface area contributed by atoms with E-state index in [-0.39, 0.29) is 0 Å². The summed E-state index contributed by atoms with van der Waals surface area (Å²) in [5.41, 5.74) is 0. The Morgan fingerprint density at radius 1 is 1.29 bits per heavy atom. The van der Waals surface area contributed by atoms with Gasteiger partial charge in [-0.25, -0.2) is 8.42 Å². The number of nitriles is 1. The smallest absolute Gasteiger partial charge is 0.212 e. The zero-order valence-electron chi connectivity index (χ0n) is 8.00. The Morgan fingerprint density at radius 2 is 1.93 bits per heavy atom. The fourth-order valence-corrected chi connectivity index (χ4v) is 3.26. The number of unbranched alkanes of at least 4 members (excludes halogenated alkanes) is 3. The molecule has 0 amide bonds. The second-order valence-corrected chi connectivity index (χ2v) is 6.80. The monoisotopic (exact) mass is 235 g/mol. The lowest BCUT2D eigenvalue weighted by Crippen LogP contribution is -2.17. The standard InChI is InChI=1S/C9H14ClNO2S/c10-14(12,13)9(6-7-9)5-3-1-2-4-8-11/h1-7H2. The lowest BCUT2D eigenvalue weighted by Gasteiger charge is -2.09. The third kappa shape index (κ3) is 2.86. The Hall–Kier alpha value is -0.270. The van der Waals surface area contributed by atoms with Crippen molar-refractivity contribution in [2.24, 2.45) is 0 Å². The van der Waals surface area contributed by atoms with E-state index in [4.69, 9.17) is 15.9 Å². The van der Waals surface area contributed by atoms with Crippen molar-refractivity contribution >= 4 is 19.7 Å². The molecule has 0 bridgehead atoms. The normalized spacial score (nSPS) is 18.9. The minimum atomic E-state index is -3.38. The third-order valence-electron chi connectivity index (χ3n) is 2.75. The summed E-state index contributed by atoms with van der Waals surface area (Å²) in [5, 5.41) is 8.30. The summed E-state index contributed by atoms with van der Waals surface area (Å²) in [7, 11) is 1.97.